The summed E-state index contributed by atoms with van der Waals surface area (Å²) in [5, 5.41) is 8.95. The third-order valence-corrected chi connectivity index (χ3v) is 3.53. The lowest BCUT2D eigenvalue weighted by atomic mass is 10.4. The molecule has 0 atom stereocenters. The summed E-state index contributed by atoms with van der Waals surface area (Å²) in [6, 6.07) is 3.83. The number of ether oxygens (including phenoxy) is 1. The predicted molar refractivity (Wildman–Crippen MR) is 74.3 cm³/mol. The molecule has 0 spiro atoms. The smallest absolute Gasteiger partial charge is 0.191 e. The molecule has 19 heavy (non-hydrogen) atoms. The van der Waals surface area contributed by atoms with Crippen LogP contribution in [0.2, 0.25) is 0 Å². The van der Waals surface area contributed by atoms with Gasteiger partial charge in [0.15, 0.2) is 5.16 Å². The van der Waals surface area contributed by atoms with Crippen molar-refractivity contribution in [1.29, 1.82) is 0 Å². The van der Waals surface area contributed by atoms with E-state index >= 15 is 0 Å². The monoisotopic (exact) mass is 281 g/mol. The third kappa shape index (κ3) is 4.72. The van der Waals surface area contributed by atoms with Gasteiger partial charge in [-0.25, -0.2) is 0 Å². The van der Waals surface area contributed by atoms with Gasteiger partial charge < -0.3 is 13.7 Å². The Labute approximate surface area is 117 Å². The van der Waals surface area contributed by atoms with Crippen molar-refractivity contribution in [3.8, 4) is 0 Å². The lowest BCUT2D eigenvalue weighted by molar-refractivity contribution is 0.147. The minimum absolute atomic E-state index is 0.666. The molecule has 0 aromatic carbocycles. The Bertz CT molecular complexity index is 456. The highest BCUT2D eigenvalue weighted by Crippen LogP contribution is 2.16. The first-order chi connectivity index (χ1) is 9.40. The highest BCUT2D eigenvalue weighted by atomic mass is 32.2. The van der Waals surface area contributed by atoms with E-state index in [1.165, 1.54) is 6.42 Å². The molecular formula is C13H19N3O2S. The van der Waals surface area contributed by atoms with Gasteiger partial charge in [-0.2, -0.15) is 0 Å². The standard InChI is InChI=1S/C13H19N3O2S/c1-2-3-6-17-8-9-19-13-15-14-11-16(13)10-12-5-4-7-18-12/h4-5,7,11H,2-3,6,8-10H2,1H3. The van der Waals surface area contributed by atoms with Gasteiger partial charge in [0.05, 0.1) is 19.4 Å². The SMILES string of the molecule is CCCCOCCSc1nncn1Cc1ccco1. The van der Waals surface area contributed by atoms with Crippen molar-refractivity contribution in [3.05, 3.63) is 30.5 Å². The van der Waals surface area contributed by atoms with Gasteiger partial charge >= 0.3 is 0 Å². The molecule has 0 N–H and O–H groups in total. The number of rotatable bonds is 9. The maximum Gasteiger partial charge on any atom is 0.191 e. The van der Waals surface area contributed by atoms with Crippen LogP contribution in [0.25, 0.3) is 0 Å². The van der Waals surface area contributed by atoms with Crippen LogP contribution in [-0.2, 0) is 11.3 Å². The zero-order valence-electron chi connectivity index (χ0n) is 11.1. The quantitative estimate of drug-likeness (QED) is 0.522. The van der Waals surface area contributed by atoms with Gasteiger partial charge in [-0.05, 0) is 18.6 Å². The number of thioether (sulfide) groups is 1. The minimum Gasteiger partial charge on any atom is -0.467 e. The maximum absolute atomic E-state index is 5.52. The molecule has 0 amide bonds. The average molecular weight is 281 g/mol. The van der Waals surface area contributed by atoms with Gasteiger partial charge in [0.25, 0.3) is 0 Å². The molecule has 2 aromatic heterocycles. The van der Waals surface area contributed by atoms with Crippen LogP contribution >= 0.6 is 11.8 Å². The van der Waals surface area contributed by atoms with E-state index in [-0.39, 0.29) is 0 Å². The second-order valence-electron chi connectivity index (χ2n) is 4.14. The molecule has 6 heteroatoms. The third-order valence-electron chi connectivity index (χ3n) is 2.59. The number of furan rings is 1. The van der Waals surface area contributed by atoms with E-state index in [4.69, 9.17) is 9.15 Å². The van der Waals surface area contributed by atoms with E-state index in [1.54, 1.807) is 24.4 Å². The van der Waals surface area contributed by atoms with E-state index < -0.39 is 0 Å². The number of hydrogen-bond donors (Lipinski definition) is 0. The molecule has 2 rings (SSSR count). The molecule has 2 heterocycles. The second-order valence-corrected chi connectivity index (χ2v) is 5.20. The first kappa shape index (κ1) is 14.1. The number of nitrogens with zero attached hydrogens (tertiary/aromatic N) is 3. The highest BCUT2D eigenvalue weighted by Gasteiger charge is 2.06. The van der Waals surface area contributed by atoms with Crippen molar-refractivity contribution in [2.75, 3.05) is 19.0 Å². The zero-order valence-corrected chi connectivity index (χ0v) is 11.9. The molecule has 0 aliphatic heterocycles. The van der Waals surface area contributed by atoms with E-state index in [1.807, 2.05) is 16.7 Å². The Morgan fingerprint density at radius 1 is 1.42 bits per heavy atom. The van der Waals surface area contributed by atoms with Crippen LogP contribution < -0.4 is 0 Å². The van der Waals surface area contributed by atoms with Gasteiger partial charge in [0.2, 0.25) is 0 Å². The van der Waals surface area contributed by atoms with Crippen LogP contribution in [0.3, 0.4) is 0 Å². The number of aromatic nitrogens is 3. The predicted octanol–water partition coefficient (Wildman–Crippen LogP) is 2.83. The van der Waals surface area contributed by atoms with E-state index in [9.17, 15) is 0 Å². The fourth-order valence-corrected chi connectivity index (χ4v) is 2.34. The summed E-state index contributed by atoms with van der Waals surface area (Å²) in [4.78, 5) is 0. The molecule has 2 aromatic rings. The van der Waals surface area contributed by atoms with Gasteiger partial charge in [-0.15, -0.1) is 10.2 Å². The molecule has 0 aliphatic carbocycles. The summed E-state index contributed by atoms with van der Waals surface area (Å²) in [6.07, 6.45) is 5.70. The Morgan fingerprint density at radius 3 is 3.16 bits per heavy atom. The zero-order chi connectivity index (χ0) is 13.3. The van der Waals surface area contributed by atoms with E-state index in [2.05, 4.69) is 17.1 Å². The summed E-state index contributed by atoms with van der Waals surface area (Å²) < 4.78 is 12.8. The Morgan fingerprint density at radius 2 is 2.37 bits per heavy atom. The summed E-state index contributed by atoms with van der Waals surface area (Å²) in [5.74, 6) is 1.79. The van der Waals surface area contributed by atoms with Gasteiger partial charge in [-0.3, -0.25) is 0 Å². The summed E-state index contributed by atoms with van der Waals surface area (Å²) >= 11 is 1.66. The summed E-state index contributed by atoms with van der Waals surface area (Å²) in [6.45, 7) is 4.42. The van der Waals surface area contributed by atoms with Crippen LogP contribution in [0, 0.1) is 0 Å². The van der Waals surface area contributed by atoms with Crippen molar-refractivity contribution in [3.63, 3.8) is 0 Å². The van der Waals surface area contributed by atoms with E-state index in [0.29, 0.717) is 6.54 Å². The second kappa shape index (κ2) is 8.01. The lowest BCUT2D eigenvalue weighted by Gasteiger charge is -2.05. The van der Waals surface area contributed by atoms with Crippen molar-refractivity contribution < 1.29 is 9.15 Å². The molecule has 0 aliphatic rings. The molecule has 0 saturated carbocycles. The molecule has 0 fully saturated rings. The number of hydrogen-bond acceptors (Lipinski definition) is 5. The van der Waals surface area contributed by atoms with Crippen LogP contribution in [0.15, 0.2) is 34.3 Å². The van der Waals surface area contributed by atoms with Crippen LogP contribution in [-0.4, -0.2) is 33.7 Å². The van der Waals surface area contributed by atoms with Crippen LogP contribution in [0.1, 0.15) is 25.5 Å². The largest absolute Gasteiger partial charge is 0.467 e. The van der Waals surface area contributed by atoms with Crippen LogP contribution in [0.5, 0.6) is 0 Å². The molecule has 104 valence electrons. The lowest BCUT2D eigenvalue weighted by Crippen LogP contribution is -2.02. The Hall–Kier alpha value is -1.27. The van der Waals surface area contributed by atoms with Crippen molar-refractivity contribution in [2.24, 2.45) is 0 Å². The Kier molecular flexibility index (Phi) is 5.97. The van der Waals surface area contributed by atoms with Gasteiger partial charge in [0, 0.05) is 12.4 Å². The Balaban J connectivity index is 1.73. The normalized spacial score (nSPS) is 11.0. The highest BCUT2D eigenvalue weighted by molar-refractivity contribution is 7.99. The van der Waals surface area contributed by atoms with Crippen molar-refractivity contribution >= 4 is 11.8 Å². The fourth-order valence-electron chi connectivity index (χ4n) is 1.58. The van der Waals surface area contributed by atoms with Gasteiger partial charge in [0.1, 0.15) is 12.1 Å². The van der Waals surface area contributed by atoms with Crippen molar-refractivity contribution in [1.82, 2.24) is 14.8 Å². The number of unbranched alkanes of at least 4 members (excludes halogenated alkanes) is 1. The first-order valence-corrected chi connectivity index (χ1v) is 7.49. The van der Waals surface area contributed by atoms with Gasteiger partial charge in [-0.1, -0.05) is 25.1 Å². The minimum atomic E-state index is 0.666. The maximum atomic E-state index is 5.52. The summed E-state index contributed by atoms with van der Waals surface area (Å²) in [7, 11) is 0. The van der Waals surface area contributed by atoms with E-state index in [0.717, 1.165) is 36.3 Å². The molecular weight excluding hydrogens is 262 g/mol. The van der Waals surface area contributed by atoms with Crippen LogP contribution in [0.4, 0.5) is 0 Å². The topological polar surface area (TPSA) is 53.1 Å². The fraction of sp³-hybridized carbons (Fsp3) is 0.538. The molecule has 0 saturated heterocycles. The molecule has 5 nitrogen and oxygen atoms in total. The van der Waals surface area contributed by atoms with Crippen molar-refractivity contribution in [2.45, 2.75) is 31.5 Å². The molecule has 0 unspecified atom stereocenters. The first-order valence-electron chi connectivity index (χ1n) is 6.51. The summed E-state index contributed by atoms with van der Waals surface area (Å²) in [5.41, 5.74) is 0. The molecule has 0 radical (unpaired) electrons. The molecule has 0 bridgehead atoms. The average Bonchev–Trinajstić information content (AvgIpc) is 3.06.